The molecule has 14 heavy (non-hydrogen) atoms. The molecule has 0 aliphatic heterocycles. The lowest BCUT2D eigenvalue weighted by Gasteiger charge is -2.39. The Morgan fingerprint density at radius 1 is 0.857 bits per heavy atom. The molecule has 1 nitrogen and oxygen atoms in total. The molecule has 0 saturated heterocycles. The van der Waals surface area contributed by atoms with Crippen LogP contribution in [-0.2, 0) is 0 Å². The van der Waals surface area contributed by atoms with Gasteiger partial charge >= 0.3 is 0 Å². The van der Waals surface area contributed by atoms with Crippen molar-refractivity contribution in [2.45, 2.75) is 72.8 Å². The minimum absolute atomic E-state index is 0.113. The van der Waals surface area contributed by atoms with Crippen LogP contribution in [-0.4, -0.2) is 11.2 Å². The van der Waals surface area contributed by atoms with E-state index < -0.39 is 0 Å². The van der Waals surface area contributed by atoms with Gasteiger partial charge in [-0.05, 0) is 30.6 Å². The van der Waals surface area contributed by atoms with Gasteiger partial charge in [0.1, 0.15) is 0 Å². The van der Waals surface area contributed by atoms with E-state index in [0.29, 0.717) is 5.92 Å². The average Bonchev–Trinajstić information content (AvgIpc) is 2.23. The molecule has 0 amide bonds. The van der Waals surface area contributed by atoms with E-state index in [-0.39, 0.29) is 11.5 Å². The van der Waals surface area contributed by atoms with Gasteiger partial charge in [-0.2, -0.15) is 0 Å². The number of rotatable bonds is 7. The van der Waals surface area contributed by atoms with Gasteiger partial charge in [0.2, 0.25) is 0 Å². The molecule has 0 aliphatic rings. The van der Waals surface area contributed by atoms with Gasteiger partial charge in [0.05, 0.1) is 6.10 Å². The van der Waals surface area contributed by atoms with Gasteiger partial charge in [0.15, 0.2) is 0 Å². The summed E-state index contributed by atoms with van der Waals surface area (Å²) in [7, 11) is 0. The molecule has 0 heterocycles. The normalized spacial score (nSPS) is 14.8. The van der Waals surface area contributed by atoms with Crippen molar-refractivity contribution in [2.75, 3.05) is 0 Å². The zero-order valence-corrected chi connectivity index (χ0v) is 10.6. The first kappa shape index (κ1) is 14.0. The second kappa shape index (κ2) is 6.44. The fraction of sp³-hybridized carbons (Fsp3) is 1.00. The minimum Gasteiger partial charge on any atom is -0.392 e. The molecule has 1 N–H and O–H groups in total. The SMILES string of the molecule is CCC(CC)C(O)C(CC)(CC)CC. The third-order valence-corrected chi connectivity index (χ3v) is 4.24. The summed E-state index contributed by atoms with van der Waals surface area (Å²) in [6.45, 7) is 11.0. The smallest absolute Gasteiger partial charge is 0.0624 e. The Labute approximate surface area is 89.9 Å². The zero-order valence-electron chi connectivity index (χ0n) is 10.6. The van der Waals surface area contributed by atoms with E-state index in [2.05, 4.69) is 34.6 Å². The molecular weight excluding hydrogens is 172 g/mol. The molecule has 0 aromatic heterocycles. The fourth-order valence-electron chi connectivity index (χ4n) is 2.61. The maximum atomic E-state index is 10.4. The predicted molar refractivity (Wildman–Crippen MR) is 63.4 cm³/mol. The quantitative estimate of drug-likeness (QED) is 0.658. The lowest BCUT2D eigenvalue weighted by atomic mass is 9.69. The zero-order chi connectivity index (χ0) is 11.2. The van der Waals surface area contributed by atoms with E-state index >= 15 is 0 Å². The first-order valence-electron chi connectivity index (χ1n) is 6.29. The maximum Gasteiger partial charge on any atom is 0.0624 e. The second-order valence-corrected chi connectivity index (χ2v) is 4.44. The second-order valence-electron chi connectivity index (χ2n) is 4.44. The van der Waals surface area contributed by atoms with Crippen molar-refractivity contribution in [1.29, 1.82) is 0 Å². The minimum atomic E-state index is -0.113. The van der Waals surface area contributed by atoms with Crippen molar-refractivity contribution in [3.05, 3.63) is 0 Å². The maximum absolute atomic E-state index is 10.4. The molecule has 0 saturated carbocycles. The average molecular weight is 200 g/mol. The predicted octanol–water partition coefficient (Wildman–Crippen LogP) is 4.00. The molecule has 1 heteroatoms. The molecule has 0 bridgehead atoms. The molecule has 1 atom stereocenters. The summed E-state index contributed by atoms with van der Waals surface area (Å²) in [4.78, 5) is 0. The van der Waals surface area contributed by atoms with E-state index in [9.17, 15) is 5.11 Å². The Kier molecular flexibility index (Phi) is 6.43. The van der Waals surface area contributed by atoms with E-state index in [1.165, 1.54) is 0 Å². The Morgan fingerprint density at radius 3 is 1.43 bits per heavy atom. The number of aliphatic hydroxyl groups is 1. The topological polar surface area (TPSA) is 20.2 Å². The molecule has 0 aromatic rings. The van der Waals surface area contributed by atoms with Gasteiger partial charge in [-0.1, -0.05) is 47.5 Å². The monoisotopic (exact) mass is 200 g/mol. The highest BCUT2D eigenvalue weighted by Gasteiger charge is 2.36. The Bertz CT molecular complexity index is 126. The summed E-state index contributed by atoms with van der Waals surface area (Å²) in [5.41, 5.74) is 0.163. The van der Waals surface area contributed by atoms with Crippen molar-refractivity contribution >= 4 is 0 Å². The van der Waals surface area contributed by atoms with Crippen LogP contribution in [0.2, 0.25) is 0 Å². The highest BCUT2D eigenvalue weighted by molar-refractivity contribution is 4.86. The van der Waals surface area contributed by atoms with Crippen LogP contribution in [0.15, 0.2) is 0 Å². The molecule has 0 aliphatic carbocycles. The number of aliphatic hydroxyl groups excluding tert-OH is 1. The van der Waals surface area contributed by atoms with E-state index in [1.807, 2.05) is 0 Å². The van der Waals surface area contributed by atoms with E-state index in [4.69, 9.17) is 0 Å². The van der Waals surface area contributed by atoms with Crippen LogP contribution in [0.25, 0.3) is 0 Å². The highest BCUT2D eigenvalue weighted by atomic mass is 16.3. The van der Waals surface area contributed by atoms with Crippen molar-refractivity contribution < 1.29 is 5.11 Å². The molecule has 0 radical (unpaired) electrons. The van der Waals surface area contributed by atoms with Crippen LogP contribution in [0, 0.1) is 11.3 Å². The van der Waals surface area contributed by atoms with Crippen LogP contribution >= 0.6 is 0 Å². The first-order valence-corrected chi connectivity index (χ1v) is 6.29. The van der Waals surface area contributed by atoms with E-state index in [1.54, 1.807) is 0 Å². The molecule has 1 unspecified atom stereocenters. The Hall–Kier alpha value is -0.0400. The van der Waals surface area contributed by atoms with Crippen molar-refractivity contribution in [3.63, 3.8) is 0 Å². The Morgan fingerprint density at radius 2 is 1.21 bits per heavy atom. The Balaban J connectivity index is 4.63. The lowest BCUT2D eigenvalue weighted by Crippen LogP contribution is -2.39. The van der Waals surface area contributed by atoms with Gasteiger partial charge in [-0.15, -0.1) is 0 Å². The highest BCUT2D eigenvalue weighted by Crippen LogP contribution is 2.39. The number of hydrogen-bond acceptors (Lipinski definition) is 1. The summed E-state index contributed by atoms with van der Waals surface area (Å²) < 4.78 is 0. The molecule has 86 valence electrons. The van der Waals surface area contributed by atoms with Crippen LogP contribution in [0.3, 0.4) is 0 Å². The van der Waals surface area contributed by atoms with Crippen molar-refractivity contribution in [1.82, 2.24) is 0 Å². The summed E-state index contributed by atoms with van der Waals surface area (Å²) in [6, 6.07) is 0. The molecule has 0 aromatic carbocycles. The summed E-state index contributed by atoms with van der Waals surface area (Å²) in [6.07, 6.45) is 5.36. The van der Waals surface area contributed by atoms with Gasteiger partial charge in [-0.25, -0.2) is 0 Å². The third-order valence-electron chi connectivity index (χ3n) is 4.24. The first-order chi connectivity index (χ1) is 6.61. The molecular formula is C13H28O. The van der Waals surface area contributed by atoms with Gasteiger partial charge in [0.25, 0.3) is 0 Å². The largest absolute Gasteiger partial charge is 0.392 e. The van der Waals surface area contributed by atoms with E-state index in [0.717, 1.165) is 32.1 Å². The lowest BCUT2D eigenvalue weighted by molar-refractivity contribution is -0.0307. The third kappa shape index (κ3) is 2.73. The number of hydrogen-bond donors (Lipinski definition) is 1. The van der Waals surface area contributed by atoms with Crippen LogP contribution in [0.5, 0.6) is 0 Å². The fourth-order valence-corrected chi connectivity index (χ4v) is 2.61. The standard InChI is InChI=1S/C13H28O/c1-6-11(7-2)12(14)13(8-3,9-4)10-5/h11-12,14H,6-10H2,1-5H3. The van der Waals surface area contributed by atoms with Crippen molar-refractivity contribution in [3.8, 4) is 0 Å². The van der Waals surface area contributed by atoms with Crippen LogP contribution in [0.1, 0.15) is 66.7 Å². The summed E-state index contributed by atoms with van der Waals surface area (Å²) in [5, 5.41) is 10.4. The van der Waals surface area contributed by atoms with Crippen LogP contribution < -0.4 is 0 Å². The molecule has 0 fully saturated rings. The summed E-state index contributed by atoms with van der Waals surface area (Å²) in [5.74, 6) is 0.481. The van der Waals surface area contributed by atoms with Crippen LogP contribution in [0.4, 0.5) is 0 Å². The molecule has 0 rings (SSSR count). The summed E-state index contributed by atoms with van der Waals surface area (Å²) >= 11 is 0. The van der Waals surface area contributed by atoms with Gasteiger partial charge in [0, 0.05) is 0 Å². The van der Waals surface area contributed by atoms with Gasteiger partial charge < -0.3 is 5.11 Å². The van der Waals surface area contributed by atoms with Gasteiger partial charge in [-0.3, -0.25) is 0 Å². The van der Waals surface area contributed by atoms with Crippen molar-refractivity contribution in [2.24, 2.45) is 11.3 Å². The molecule has 0 spiro atoms.